The number of esters is 2. The Morgan fingerprint density at radius 2 is 1.53 bits per heavy atom. The van der Waals surface area contributed by atoms with E-state index in [1.54, 1.807) is 13.8 Å². The van der Waals surface area contributed by atoms with Crippen molar-refractivity contribution in [3.05, 3.63) is 0 Å². The third-order valence-corrected chi connectivity index (χ3v) is 5.58. The number of carbonyl (C=O) groups is 5. The third kappa shape index (κ3) is 15.5. The van der Waals surface area contributed by atoms with Gasteiger partial charge in [0, 0.05) is 30.9 Å². The molecule has 0 saturated heterocycles. The van der Waals surface area contributed by atoms with Gasteiger partial charge in [-0.3, -0.25) is 19.2 Å². The Bertz CT molecular complexity index is 649. The predicted octanol–water partition coefficient (Wildman–Crippen LogP) is 0.251. The summed E-state index contributed by atoms with van der Waals surface area (Å²) in [4.78, 5) is 60.9. The van der Waals surface area contributed by atoms with Crippen LogP contribution in [0.2, 0.25) is 0 Å². The van der Waals surface area contributed by atoms with Crippen LogP contribution in [-0.4, -0.2) is 79.6 Å². The number of unbranched alkanes of at least 4 members (excludes halogenated alkanes) is 2. The molecule has 0 aliphatic rings. The first kappa shape index (κ1) is 31.7. The van der Waals surface area contributed by atoms with Crippen molar-refractivity contribution in [2.45, 2.75) is 71.4 Å². The van der Waals surface area contributed by atoms with Crippen LogP contribution in [0.3, 0.4) is 0 Å². The number of thioether (sulfide) groups is 1. The number of nitrogens with two attached hydrogens (primary N) is 1. The first-order valence-corrected chi connectivity index (χ1v) is 12.9. The topological polar surface area (TPSA) is 166 Å². The predicted molar refractivity (Wildman–Crippen MR) is 130 cm³/mol. The van der Waals surface area contributed by atoms with E-state index in [1.165, 1.54) is 11.8 Å². The molecule has 196 valence electrons. The van der Waals surface area contributed by atoms with Gasteiger partial charge in [-0.15, -0.1) is 0 Å². The Labute approximate surface area is 206 Å². The molecule has 34 heavy (non-hydrogen) atoms. The lowest BCUT2D eigenvalue weighted by Gasteiger charge is -2.20. The van der Waals surface area contributed by atoms with Crippen LogP contribution in [0.4, 0.5) is 0 Å². The van der Waals surface area contributed by atoms with E-state index in [2.05, 4.69) is 16.0 Å². The summed E-state index contributed by atoms with van der Waals surface area (Å²) in [6.45, 7) is 5.78. The molecular weight excluding hydrogens is 464 g/mol. The van der Waals surface area contributed by atoms with E-state index < -0.39 is 35.8 Å². The standard InChI is InChI=1S/C22H40N4O7S/c1-4-7-8-9-18(27)25-16(22(31)33-6-3)10-11-19(28)26-17(15-34-13-12-23)21(30)24-14-20(29)32-5-2/h16-17H,4-15,23H2,1-3H3,(H,24,30)(H,25,27)(H,26,28). The Balaban J connectivity index is 4.93. The van der Waals surface area contributed by atoms with Crippen LogP contribution in [0.1, 0.15) is 59.3 Å². The van der Waals surface area contributed by atoms with Crippen molar-refractivity contribution in [1.82, 2.24) is 16.0 Å². The smallest absolute Gasteiger partial charge is 0.328 e. The Morgan fingerprint density at radius 3 is 2.15 bits per heavy atom. The highest BCUT2D eigenvalue weighted by Gasteiger charge is 2.25. The highest BCUT2D eigenvalue weighted by molar-refractivity contribution is 7.99. The van der Waals surface area contributed by atoms with Crippen LogP contribution in [0.25, 0.3) is 0 Å². The van der Waals surface area contributed by atoms with Crippen molar-refractivity contribution in [3.63, 3.8) is 0 Å². The monoisotopic (exact) mass is 504 g/mol. The second-order valence-corrected chi connectivity index (χ2v) is 8.52. The fraction of sp³-hybridized carbons (Fsp3) is 0.773. The first-order valence-electron chi connectivity index (χ1n) is 11.7. The summed E-state index contributed by atoms with van der Waals surface area (Å²) in [5.74, 6) is -1.62. The van der Waals surface area contributed by atoms with Crippen LogP contribution < -0.4 is 21.7 Å². The van der Waals surface area contributed by atoms with E-state index in [4.69, 9.17) is 15.2 Å². The summed E-state index contributed by atoms with van der Waals surface area (Å²) in [6, 6.07) is -1.86. The van der Waals surface area contributed by atoms with Gasteiger partial charge in [0.2, 0.25) is 17.7 Å². The summed E-state index contributed by atoms with van der Waals surface area (Å²) >= 11 is 1.38. The lowest BCUT2D eigenvalue weighted by atomic mass is 10.1. The SMILES string of the molecule is CCCCCC(=O)NC(CCC(=O)NC(CSCCN)C(=O)NCC(=O)OCC)C(=O)OCC. The van der Waals surface area contributed by atoms with E-state index >= 15 is 0 Å². The normalized spacial score (nSPS) is 12.2. The van der Waals surface area contributed by atoms with Crippen molar-refractivity contribution in [1.29, 1.82) is 0 Å². The second-order valence-electron chi connectivity index (χ2n) is 7.37. The van der Waals surface area contributed by atoms with Gasteiger partial charge in [0.05, 0.1) is 13.2 Å². The highest BCUT2D eigenvalue weighted by atomic mass is 32.2. The van der Waals surface area contributed by atoms with Crippen LogP contribution in [0.5, 0.6) is 0 Å². The van der Waals surface area contributed by atoms with Gasteiger partial charge in [-0.1, -0.05) is 19.8 Å². The van der Waals surface area contributed by atoms with Crippen molar-refractivity contribution in [2.75, 3.05) is 37.8 Å². The lowest BCUT2D eigenvalue weighted by Crippen LogP contribution is -2.50. The van der Waals surface area contributed by atoms with Crippen LogP contribution in [-0.2, 0) is 33.4 Å². The number of amides is 3. The fourth-order valence-corrected chi connectivity index (χ4v) is 3.60. The molecule has 0 rings (SSSR count). The van der Waals surface area contributed by atoms with Gasteiger partial charge in [-0.05, 0) is 26.7 Å². The number of nitrogens with one attached hydrogen (secondary N) is 3. The minimum Gasteiger partial charge on any atom is -0.465 e. The van der Waals surface area contributed by atoms with Crippen molar-refractivity contribution in [2.24, 2.45) is 5.73 Å². The molecule has 5 N–H and O–H groups in total. The Hall–Kier alpha value is -2.34. The highest BCUT2D eigenvalue weighted by Crippen LogP contribution is 2.06. The molecule has 0 aliphatic carbocycles. The van der Waals surface area contributed by atoms with Crippen molar-refractivity contribution in [3.8, 4) is 0 Å². The van der Waals surface area contributed by atoms with Gasteiger partial charge in [0.1, 0.15) is 18.6 Å². The molecule has 0 spiro atoms. The summed E-state index contributed by atoms with van der Waals surface area (Å²) in [6.07, 6.45) is 2.78. The van der Waals surface area contributed by atoms with E-state index in [0.717, 1.165) is 12.8 Å². The van der Waals surface area contributed by atoms with E-state index in [1.807, 2.05) is 6.92 Å². The van der Waals surface area contributed by atoms with Gasteiger partial charge < -0.3 is 31.2 Å². The summed E-state index contributed by atoms with van der Waals surface area (Å²) in [5, 5.41) is 7.71. The molecule has 0 aliphatic heterocycles. The van der Waals surface area contributed by atoms with E-state index in [9.17, 15) is 24.0 Å². The maximum absolute atomic E-state index is 12.5. The molecular formula is C22H40N4O7S. The summed E-state index contributed by atoms with van der Waals surface area (Å²) in [5.41, 5.74) is 5.49. The number of ether oxygens (including phenoxy) is 2. The molecule has 0 saturated carbocycles. The zero-order valence-corrected chi connectivity index (χ0v) is 21.3. The maximum Gasteiger partial charge on any atom is 0.328 e. The van der Waals surface area contributed by atoms with Crippen molar-refractivity contribution >= 4 is 41.4 Å². The van der Waals surface area contributed by atoms with Gasteiger partial charge in [-0.2, -0.15) is 11.8 Å². The Morgan fingerprint density at radius 1 is 0.882 bits per heavy atom. The first-order chi connectivity index (χ1) is 16.3. The summed E-state index contributed by atoms with van der Waals surface area (Å²) < 4.78 is 9.79. The average Bonchev–Trinajstić information content (AvgIpc) is 2.80. The minimum absolute atomic E-state index is 0.0251. The third-order valence-electron chi connectivity index (χ3n) is 4.48. The fourth-order valence-electron chi connectivity index (χ4n) is 2.80. The molecule has 0 heterocycles. The minimum atomic E-state index is -0.956. The van der Waals surface area contributed by atoms with Crippen LogP contribution in [0, 0.1) is 0 Å². The molecule has 3 amide bonds. The number of rotatable bonds is 19. The van der Waals surface area contributed by atoms with Gasteiger partial charge in [-0.25, -0.2) is 4.79 Å². The molecule has 0 aromatic heterocycles. The maximum atomic E-state index is 12.5. The van der Waals surface area contributed by atoms with Crippen LogP contribution >= 0.6 is 11.8 Å². The molecule has 0 radical (unpaired) electrons. The molecule has 2 unspecified atom stereocenters. The molecule has 11 nitrogen and oxygen atoms in total. The molecule has 0 fully saturated rings. The number of carbonyl (C=O) groups excluding carboxylic acids is 5. The number of hydrogen-bond acceptors (Lipinski definition) is 9. The van der Waals surface area contributed by atoms with Gasteiger partial charge in [0.25, 0.3) is 0 Å². The van der Waals surface area contributed by atoms with Crippen LogP contribution in [0.15, 0.2) is 0 Å². The van der Waals surface area contributed by atoms with E-state index in [-0.39, 0.29) is 50.7 Å². The average molecular weight is 505 g/mol. The molecule has 0 aromatic carbocycles. The Kier molecular flexibility index (Phi) is 18.7. The number of hydrogen-bond donors (Lipinski definition) is 4. The zero-order chi connectivity index (χ0) is 25.8. The van der Waals surface area contributed by atoms with E-state index in [0.29, 0.717) is 18.7 Å². The largest absolute Gasteiger partial charge is 0.465 e. The van der Waals surface area contributed by atoms with Gasteiger partial charge >= 0.3 is 11.9 Å². The molecule has 12 heteroatoms. The molecule has 0 bridgehead atoms. The van der Waals surface area contributed by atoms with Crippen molar-refractivity contribution < 1.29 is 33.4 Å². The lowest BCUT2D eigenvalue weighted by molar-refractivity contribution is -0.147. The zero-order valence-electron chi connectivity index (χ0n) is 20.5. The second kappa shape index (κ2) is 20.1. The molecule has 2 atom stereocenters. The summed E-state index contributed by atoms with van der Waals surface area (Å²) in [7, 11) is 0. The van der Waals surface area contributed by atoms with Gasteiger partial charge in [0.15, 0.2) is 0 Å². The quantitative estimate of drug-likeness (QED) is 0.142. The molecule has 0 aromatic rings.